The molecule has 2 N–H and O–H groups in total. The van der Waals surface area contributed by atoms with Crippen LogP contribution < -0.4 is 10.6 Å². The smallest absolute Gasteiger partial charge is 0.267 e. The quantitative estimate of drug-likeness (QED) is 0.333. The van der Waals surface area contributed by atoms with Crippen LogP contribution in [0, 0.1) is 13.8 Å². The van der Waals surface area contributed by atoms with Crippen molar-refractivity contribution >= 4 is 51.1 Å². The molecule has 10 heteroatoms. The second-order valence-electron chi connectivity index (χ2n) is 7.99. The van der Waals surface area contributed by atoms with Crippen molar-refractivity contribution in [2.24, 2.45) is 0 Å². The fourth-order valence-corrected chi connectivity index (χ4v) is 4.61. The Morgan fingerprint density at radius 2 is 1.97 bits per heavy atom. The number of hydrogen-bond donors (Lipinski definition) is 2. The lowest BCUT2D eigenvalue weighted by molar-refractivity contribution is 0.102. The van der Waals surface area contributed by atoms with Gasteiger partial charge in [0, 0.05) is 6.54 Å². The highest BCUT2D eigenvalue weighted by atomic mass is 35.5. The van der Waals surface area contributed by atoms with Crippen molar-refractivity contribution in [3.63, 3.8) is 0 Å². The maximum atomic E-state index is 12.8. The van der Waals surface area contributed by atoms with Crippen LogP contribution in [0.2, 0.25) is 5.02 Å². The van der Waals surface area contributed by atoms with Crippen LogP contribution in [0.5, 0.6) is 0 Å². The highest BCUT2D eigenvalue weighted by molar-refractivity contribution is 7.17. The van der Waals surface area contributed by atoms with E-state index in [2.05, 4.69) is 30.5 Å². The fraction of sp³-hybridized carbons (Fsp3) is 0.292. The van der Waals surface area contributed by atoms with Crippen LogP contribution in [-0.4, -0.2) is 51.2 Å². The zero-order chi connectivity index (χ0) is 24.1. The van der Waals surface area contributed by atoms with E-state index in [0.29, 0.717) is 32.2 Å². The molecule has 1 amide bonds. The summed E-state index contributed by atoms with van der Waals surface area (Å²) in [6.07, 6.45) is 8.86. The molecule has 0 atom stereocenters. The third-order valence-corrected chi connectivity index (χ3v) is 6.63. The number of amides is 1. The van der Waals surface area contributed by atoms with Gasteiger partial charge in [0.25, 0.3) is 5.91 Å². The molecule has 0 spiro atoms. The van der Waals surface area contributed by atoms with E-state index < -0.39 is 0 Å². The standard InChI is InChI=1S/C24H25ClN6O2S/c1-15-7-5-8-17(25)21(15)30-23(33)20-14-27-24(34-20)29-18-13-26-16(2)28-22(18)19(32)9-6-12-31-10-3-4-11-31/h5-9,13-14H,3-4,10-12H2,1-2H3,(H,27,29)(H,30,33)/b9-6+. The first kappa shape index (κ1) is 24.0. The Bertz CT molecular complexity index is 1220. The van der Waals surface area contributed by atoms with Crippen LogP contribution in [0.3, 0.4) is 0 Å². The number of carbonyl (C=O) groups is 2. The summed E-state index contributed by atoms with van der Waals surface area (Å²) < 4.78 is 0. The lowest BCUT2D eigenvalue weighted by Gasteiger charge is -2.10. The number of hydrogen-bond acceptors (Lipinski definition) is 8. The van der Waals surface area contributed by atoms with Gasteiger partial charge >= 0.3 is 0 Å². The maximum absolute atomic E-state index is 12.8. The number of aryl methyl sites for hydroxylation is 2. The van der Waals surface area contributed by atoms with Gasteiger partial charge in [-0.15, -0.1) is 0 Å². The molecule has 1 saturated heterocycles. The van der Waals surface area contributed by atoms with Gasteiger partial charge in [0.05, 0.1) is 28.8 Å². The van der Waals surface area contributed by atoms with Gasteiger partial charge in [-0.25, -0.2) is 15.0 Å². The van der Waals surface area contributed by atoms with Gasteiger partial charge in [-0.2, -0.15) is 0 Å². The third kappa shape index (κ3) is 5.85. The molecule has 0 radical (unpaired) electrons. The molecule has 3 aromatic rings. The molecule has 176 valence electrons. The van der Waals surface area contributed by atoms with Crippen molar-refractivity contribution in [1.29, 1.82) is 0 Å². The predicted molar refractivity (Wildman–Crippen MR) is 135 cm³/mol. The first-order chi connectivity index (χ1) is 16.4. The number of carbonyl (C=O) groups excluding carboxylic acids is 2. The van der Waals surface area contributed by atoms with Crippen LogP contribution in [0.4, 0.5) is 16.5 Å². The number of aromatic nitrogens is 3. The number of nitrogens with one attached hydrogen (secondary N) is 2. The number of anilines is 3. The zero-order valence-electron chi connectivity index (χ0n) is 19.0. The van der Waals surface area contributed by atoms with Crippen LogP contribution in [0.25, 0.3) is 0 Å². The Morgan fingerprint density at radius 3 is 2.74 bits per heavy atom. The van der Waals surface area contributed by atoms with E-state index in [9.17, 15) is 9.59 Å². The van der Waals surface area contributed by atoms with Crippen LogP contribution >= 0.6 is 22.9 Å². The Morgan fingerprint density at radius 1 is 1.18 bits per heavy atom. The van der Waals surface area contributed by atoms with Gasteiger partial charge in [0.15, 0.2) is 5.13 Å². The second kappa shape index (κ2) is 10.9. The van der Waals surface area contributed by atoms with E-state index in [1.54, 1.807) is 25.3 Å². The molecule has 0 saturated carbocycles. The average molecular weight is 497 g/mol. The second-order valence-corrected chi connectivity index (χ2v) is 9.43. The monoisotopic (exact) mass is 496 g/mol. The lowest BCUT2D eigenvalue weighted by atomic mass is 10.2. The van der Waals surface area contributed by atoms with Crippen molar-refractivity contribution in [2.75, 3.05) is 30.3 Å². The van der Waals surface area contributed by atoms with Crippen LogP contribution in [-0.2, 0) is 0 Å². The first-order valence-electron chi connectivity index (χ1n) is 11.0. The molecular formula is C24H25ClN6O2S. The van der Waals surface area contributed by atoms with Gasteiger partial charge in [-0.05, 0) is 57.5 Å². The summed E-state index contributed by atoms with van der Waals surface area (Å²) in [6, 6.07) is 5.42. The minimum Gasteiger partial charge on any atom is -0.328 e. The first-order valence-corrected chi connectivity index (χ1v) is 12.2. The largest absolute Gasteiger partial charge is 0.328 e. The molecule has 34 heavy (non-hydrogen) atoms. The number of para-hydroxylation sites is 1. The van der Waals surface area contributed by atoms with Gasteiger partial charge < -0.3 is 10.6 Å². The van der Waals surface area contributed by atoms with Crippen molar-refractivity contribution in [3.05, 3.63) is 69.7 Å². The molecule has 0 unspecified atom stereocenters. The van der Waals surface area contributed by atoms with Crippen LogP contribution in [0.1, 0.15) is 44.4 Å². The highest BCUT2D eigenvalue weighted by Crippen LogP contribution is 2.28. The summed E-state index contributed by atoms with van der Waals surface area (Å²) in [5.74, 6) is -0.0323. The molecule has 4 rings (SSSR count). The molecule has 2 aromatic heterocycles. The van der Waals surface area contributed by atoms with Crippen molar-refractivity contribution in [3.8, 4) is 0 Å². The lowest BCUT2D eigenvalue weighted by Crippen LogP contribution is -2.19. The number of ketones is 1. The number of likely N-dealkylation sites (tertiary alicyclic amines) is 1. The molecule has 0 aliphatic carbocycles. The number of thiazole rings is 1. The highest BCUT2D eigenvalue weighted by Gasteiger charge is 2.17. The van der Waals surface area contributed by atoms with Crippen molar-refractivity contribution in [2.45, 2.75) is 26.7 Å². The number of benzene rings is 1. The summed E-state index contributed by atoms with van der Waals surface area (Å²) >= 11 is 7.37. The average Bonchev–Trinajstić information content (AvgIpc) is 3.50. The molecule has 3 heterocycles. The minimum absolute atomic E-state index is 0.212. The van der Waals surface area contributed by atoms with E-state index in [1.807, 2.05) is 25.1 Å². The molecular weight excluding hydrogens is 472 g/mol. The molecule has 8 nitrogen and oxygen atoms in total. The van der Waals surface area contributed by atoms with Gasteiger partial charge in [0.1, 0.15) is 16.4 Å². The molecule has 1 aliphatic rings. The van der Waals surface area contributed by atoms with Crippen molar-refractivity contribution in [1.82, 2.24) is 19.9 Å². The van der Waals surface area contributed by atoms with E-state index >= 15 is 0 Å². The molecule has 0 bridgehead atoms. The number of nitrogens with zero attached hydrogens (tertiary/aromatic N) is 4. The van der Waals surface area contributed by atoms with E-state index in [0.717, 1.165) is 36.5 Å². The van der Waals surface area contributed by atoms with Gasteiger partial charge in [-0.1, -0.05) is 41.1 Å². The Hall–Kier alpha value is -3.14. The number of rotatable bonds is 8. The summed E-state index contributed by atoms with van der Waals surface area (Å²) in [4.78, 5) is 41.1. The summed E-state index contributed by atoms with van der Waals surface area (Å²) in [6.45, 7) is 6.48. The number of allylic oxidation sites excluding steroid dienone is 1. The minimum atomic E-state index is -0.317. The topological polar surface area (TPSA) is 100 Å². The molecule has 1 fully saturated rings. The SMILES string of the molecule is Cc1ncc(Nc2ncc(C(=O)Nc3c(C)cccc3Cl)s2)c(C(=O)/C=C/CN2CCCC2)n1. The van der Waals surface area contributed by atoms with Crippen molar-refractivity contribution < 1.29 is 9.59 Å². The van der Waals surface area contributed by atoms with Gasteiger partial charge in [-0.3, -0.25) is 14.5 Å². The summed E-state index contributed by atoms with van der Waals surface area (Å²) in [7, 11) is 0. The van der Waals surface area contributed by atoms with Crippen LogP contribution in [0.15, 0.2) is 42.7 Å². The van der Waals surface area contributed by atoms with E-state index in [4.69, 9.17) is 11.6 Å². The zero-order valence-corrected chi connectivity index (χ0v) is 20.5. The molecule has 1 aliphatic heterocycles. The van der Waals surface area contributed by atoms with E-state index in [1.165, 1.54) is 19.0 Å². The summed E-state index contributed by atoms with van der Waals surface area (Å²) in [5.41, 5.74) is 2.13. The normalized spacial score (nSPS) is 14.0. The Labute approximate surface area is 207 Å². The Balaban J connectivity index is 1.46. The maximum Gasteiger partial charge on any atom is 0.267 e. The Kier molecular flexibility index (Phi) is 7.66. The fourth-order valence-electron chi connectivity index (χ4n) is 3.62. The number of halogens is 1. The van der Waals surface area contributed by atoms with Gasteiger partial charge in [0.2, 0.25) is 5.78 Å². The van der Waals surface area contributed by atoms with E-state index in [-0.39, 0.29) is 17.4 Å². The molecule has 1 aromatic carbocycles. The summed E-state index contributed by atoms with van der Waals surface area (Å²) in [5, 5.41) is 6.83. The predicted octanol–water partition coefficient (Wildman–Crippen LogP) is 5.03. The third-order valence-electron chi connectivity index (χ3n) is 5.41.